The highest BCUT2D eigenvalue weighted by Crippen LogP contribution is 2.22. The van der Waals surface area contributed by atoms with Gasteiger partial charge in [0.05, 0.1) is 11.8 Å². The standard InChI is InChI=1S/C13H10O4/c1-7-6-9(14)11(8(2)12(7)15)13(16)10-4-3-5-17-10/h3-6H,1-2H3. The highest BCUT2D eigenvalue weighted by Gasteiger charge is 2.29. The molecular weight excluding hydrogens is 220 g/mol. The van der Waals surface area contributed by atoms with Gasteiger partial charge in [-0.1, -0.05) is 0 Å². The van der Waals surface area contributed by atoms with E-state index in [1.165, 1.54) is 25.3 Å². The van der Waals surface area contributed by atoms with E-state index in [1.807, 2.05) is 0 Å². The average Bonchev–Trinajstić information content (AvgIpc) is 2.79. The van der Waals surface area contributed by atoms with Gasteiger partial charge in [0.15, 0.2) is 17.3 Å². The number of rotatable bonds is 2. The van der Waals surface area contributed by atoms with Crippen LogP contribution < -0.4 is 0 Å². The van der Waals surface area contributed by atoms with E-state index in [2.05, 4.69) is 0 Å². The number of carbonyl (C=O) groups excluding carboxylic acids is 3. The van der Waals surface area contributed by atoms with Gasteiger partial charge in [0.2, 0.25) is 5.78 Å². The summed E-state index contributed by atoms with van der Waals surface area (Å²) in [4.78, 5) is 35.4. The Kier molecular flexibility index (Phi) is 2.63. The fourth-order valence-electron chi connectivity index (χ4n) is 1.74. The molecule has 0 aliphatic heterocycles. The van der Waals surface area contributed by atoms with Crippen molar-refractivity contribution in [3.8, 4) is 0 Å². The van der Waals surface area contributed by atoms with Gasteiger partial charge in [-0.05, 0) is 32.1 Å². The maximum Gasteiger partial charge on any atom is 0.232 e. The largest absolute Gasteiger partial charge is 0.461 e. The Bertz CT molecular complexity index is 571. The summed E-state index contributed by atoms with van der Waals surface area (Å²) in [6, 6.07) is 3.02. The third-order valence-electron chi connectivity index (χ3n) is 2.64. The van der Waals surface area contributed by atoms with Crippen molar-refractivity contribution in [1.82, 2.24) is 0 Å². The molecule has 0 atom stereocenters. The predicted octanol–water partition coefficient (Wildman–Crippen LogP) is 1.88. The molecule has 1 aromatic rings. The molecule has 0 fully saturated rings. The van der Waals surface area contributed by atoms with Crippen LogP contribution in [0.15, 0.2) is 45.6 Å². The molecule has 1 aliphatic carbocycles. The normalized spacial score (nSPS) is 16.2. The van der Waals surface area contributed by atoms with Gasteiger partial charge in [-0.25, -0.2) is 0 Å². The minimum Gasteiger partial charge on any atom is -0.461 e. The number of carbonyl (C=O) groups is 3. The van der Waals surface area contributed by atoms with E-state index in [4.69, 9.17) is 4.42 Å². The molecule has 1 aliphatic rings. The van der Waals surface area contributed by atoms with Crippen molar-refractivity contribution in [2.45, 2.75) is 13.8 Å². The van der Waals surface area contributed by atoms with E-state index in [1.54, 1.807) is 13.0 Å². The van der Waals surface area contributed by atoms with Gasteiger partial charge in [-0.15, -0.1) is 0 Å². The zero-order valence-corrected chi connectivity index (χ0v) is 9.44. The summed E-state index contributed by atoms with van der Waals surface area (Å²) in [6.45, 7) is 3.03. The van der Waals surface area contributed by atoms with Crippen LogP contribution in [-0.4, -0.2) is 17.3 Å². The van der Waals surface area contributed by atoms with Gasteiger partial charge in [0, 0.05) is 11.1 Å². The molecule has 1 aromatic heterocycles. The summed E-state index contributed by atoms with van der Waals surface area (Å²) in [7, 11) is 0. The molecule has 86 valence electrons. The van der Waals surface area contributed by atoms with Crippen molar-refractivity contribution in [1.29, 1.82) is 0 Å². The second-order valence-corrected chi connectivity index (χ2v) is 3.83. The topological polar surface area (TPSA) is 64.3 Å². The molecule has 0 amide bonds. The number of Topliss-reactive ketones (excluding diaryl/α,β-unsaturated/α-hetero) is 2. The second-order valence-electron chi connectivity index (χ2n) is 3.83. The lowest BCUT2D eigenvalue weighted by molar-refractivity contribution is -0.115. The summed E-state index contributed by atoms with van der Waals surface area (Å²) >= 11 is 0. The molecule has 4 nitrogen and oxygen atoms in total. The van der Waals surface area contributed by atoms with E-state index in [9.17, 15) is 14.4 Å². The van der Waals surface area contributed by atoms with Gasteiger partial charge in [0.25, 0.3) is 0 Å². The molecular formula is C13H10O4. The minimum atomic E-state index is -0.547. The van der Waals surface area contributed by atoms with Crippen molar-refractivity contribution >= 4 is 17.3 Å². The second kappa shape index (κ2) is 3.97. The number of allylic oxidation sites excluding steroid dienone is 4. The minimum absolute atomic E-state index is 0.0634. The third kappa shape index (κ3) is 1.78. The number of hydrogen-bond acceptors (Lipinski definition) is 4. The maximum atomic E-state index is 12.0. The SMILES string of the molecule is CC1=CC(=O)C(C(=O)c2ccco2)=C(C)C1=O. The zero-order chi connectivity index (χ0) is 12.6. The summed E-state index contributed by atoms with van der Waals surface area (Å²) in [5.74, 6) is -1.21. The lowest BCUT2D eigenvalue weighted by Gasteiger charge is -2.12. The zero-order valence-electron chi connectivity index (χ0n) is 9.44. The number of furan rings is 1. The lowest BCUT2D eigenvalue weighted by Crippen LogP contribution is -2.22. The molecule has 4 heteroatoms. The Morgan fingerprint density at radius 2 is 1.94 bits per heavy atom. The first-order valence-corrected chi connectivity index (χ1v) is 5.08. The summed E-state index contributed by atoms with van der Waals surface area (Å²) in [6.07, 6.45) is 2.53. The van der Waals surface area contributed by atoms with Crippen LogP contribution >= 0.6 is 0 Å². The molecule has 0 spiro atoms. The van der Waals surface area contributed by atoms with Crippen molar-refractivity contribution < 1.29 is 18.8 Å². The summed E-state index contributed by atoms with van der Waals surface area (Å²) in [5.41, 5.74) is 0.426. The molecule has 17 heavy (non-hydrogen) atoms. The molecule has 1 heterocycles. The molecule has 0 radical (unpaired) electrons. The summed E-state index contributed by atoms with van der Waals surface area (Å²) in [5, 5.41) is 0. The molecule has 0 aromatic carbocycles. The van der Waals surface area contributed by atoms with Crippen LogP contribution in [0.2, 0.25) is 0 Å². The first-order chi connectivity index (χ1) is 8.02. The van der Waals surface area contributed by atoms with Crippen LogP contribution in [0.5, 0.6) is 0 Å². The Morgan fingerprint density at radius 1 is 1.24 bits per heavy atom. The van der Waals surface area contributed by atoms with Gasteiger partial charge >= 0.3 is 0 Å². The van der Waals surface area contributed by atoms with Gasteiger partial charge in [-0.2, -0.15) is 0 Å². The average molecular weight is 230 g/mol. The van der Waals surface area contributed by atoms with Gasteiger partial charge in [-0.3, -0.25) is 14.4 Å². The Balaban J connectivity index is 2.49. The molecule has 0 unspecified atom stereocenters. The fraction of sp³-hybridized carbons (Fsp3) is 0.154. The lowest BCUT2D eigenvalue weighted by atomic mass is 9.88. The van der Waals surface area contributed by atoms with Crippen molar-refractivity contribution in [3.05, 3.63) is 47.0 Å². The fourth-order valence-corrected chi connectivity index (χ4v) is 1.74. The smallest absolute Gasteiger partial charge is 0.232 e. The maximum absolute atomic E-state index is 12.0. The van der Waals surface area contributed by atoms with E-state index < -0.39 is 11.6 Å². The summed E-state index contributed by atoms with van der Waals surface area (Å²) < 4.78 is 4.94. The third-order valence-corrected chi connectivity index (χ3v) is 2.64. The Hall–Kier alpha value is -2.23. The first-order valence-electron chi connectivity index (χ1n) is 5.08. The quantitative estimate of drug-likeness (QED) is 0.442. The molecule has 0 saturated carbocycles. The van der Waals surface area contributed by atoms with Crippen molar-refractivity contribution in [2.24, 2.45) is 0 Å². The highest BCUT2D eigenvalue weighted by molar-refractivity contribution is 6.36. The van der Waals surface area contributed by atoms with E-state index in [0.29, 0.717) is 5.57 Å². The van der Waals surface area contributed by atoms with E-state index in [0.717, 1.165) is 0 Å². The van der Waals surface area contributed by atoms with Gasteiger partial charge < -0.3 is 4.42 Å². The number of hydrogen-bond donors (Lipinski definition) is 0. The van der Waals surface area contributed by atoms with Crippen LogP contribution in [0.1, 0.15) is 24.4 Å². The van der Waals surface area contributed by atoms with Crippen molar-refractivity contribution in [2.75, 3.05) is 0 Å². The predicted molar refractivity (Wildman–Crippen MR) is 59.5 cm³/mol. The van der Waals surface area contributed by atoms with E-state index in [-0.39, 0.29) is 22.7 Å². The first kappa shape index (κ1) is 11.3. The molecule has 0 N–H and O–H groups in total. The van der Waals surface area contributed by atoms with Crippen LogP contribution in [-0.2, 0) is 9.59 Å². The van der Waals surface area contributed by atoms with Crippen LogP contribution in [0.3, 0.4) is 0 Å². The van der Waals surface area contributed by atoms with Gasteiger partial charge in [0.1, 0.15) is 0 Å². The van der Waals surface area contributed by atoms with Crippen LogP contribution in [0, 0.1) is 0 Å². The molecule has 2 rings (SSSR count). The van der Waals surface area contributed by atoms with Crippen LogP contribution in [0.25, 0.3) is 0 Å². The molecule has 0 bridgehead atoms. The van der Waals surface area contributed by atoms with Crippen LogP contribution in [0.4, 0.5) is 0 Å². The Labute approximate surface area is 97.6 Å². The van der Waals surface area contributed by atoms with E-state index >= 15 is 0 Å². The number of ketones is 3. The monoisotopic (exact) mass is 230 g/mol. The highest BCUT2D eigenvalue weighted by atomic mass is 16.3. The molecule has 0 saturated heterocycles. The van der Waals surface area contributed by atoms with Crippen molar-refractivity contribution in [3.63, 3.8) is 0 Å². The Morgan fingerprint density at radius 3 is 2.53 bits per heavy atom.